The van der Waals surface area contributed by atoms with Gasteiger partial charge in [-0.15, -0.1) is 0 Å². The van der Waals surface area contributed by atoms with Gasteiger partial charge >= 0.3 is 0 Å². The molecule has 0 bridgehead atoms. The van der Waals surface area contributed by atoms with Crippen LogP contribution in [0.5, 0.6) is 0 Å². The number of aryl methyl sites for hydroxylation is 1. The molecule has 1 rings (SSSR count). The lowest BCUT2D eigenvalue weighted by molar-refractivity contribution is 0.456. The first-order valence-electron chi connectivity index (χ1n) is 6.70. The molecule has 0 aliphatic carbocycles. The van der Waals surface area contributed by atoms with Gasteiger partial charge in [0.2, 0.25) is 0 Å². The molecule has 1 heterocycles. The topological polar surface area (TPSA) is 50.9 Å². The number of hydrogen-bond donors (Lipinski definition) is 2. The van der Waals surface area contributed by atoms with Crippen LogP contribution in [0.15, 0.2) is 18.3 Å². The van der Waals surface area contributed by atoms with Crippen molar-refractivity contribution in [3.63, 3.8) is 0 Å². The zero-order valence-corrected chi connectivity index (χ0v) is 11.1. The van der Waals surface area contributed by atoms with Gasteiger partial charge in [0.05, 0.1) is 0 Å². The Kier molecular flexibility index (Phi) is 6.63. The molecule has 17 heavy (non-hydrogen) atoms. The van der Waals surface area contributed by atoms with Crippen LogP contribution in [-0.4, -0.2) is 17.6 Å². The summed E-state index contributed by atoms with van der Waals surface area (Å²) in [5.41, 5.74) is 6.95. The number of rotatable bonds is 8. The highest BCUT2D eigenvalue weighted by molar-refractivity contribution is 5.31. The molecule has 1 atom stereocenters. The smallest absolute Gasteiger partial charge is 0.123 e. The van der Waals surface area contributed by atoms with Crippen LogP contribution in [0.25, 0.3) is 0 Å². The van der Waals surface area contributed by atoms with Crippen LogP contribution < -0.4 is 11.1 Å². The van der Waals surface area contributed by atoms with E-state index in [9.17, 15) is 0 Å². The molecule has 0 saturated carbocycles. The van der Waals surface area contributed by atoms with Crippen molar-refractivity contribution >= 4 is 5.82 Å². The second-order valence-corrected chi connectivity index (χ2v) is 4.54. The fourth-order valence-corrected chi connectivity index (χ4v) is 2.00. The quantitative estimate of drug-likeness (QED) is 0.728. The van der Waals surface area contributed by atoms with Gasteiger partial charge in [-0.3, -0.25) is 0 Å². The summed E-state index contributed by atoms with van der Waals surface area (Å²) >= 11 is 0. The van der Waals surface area contributed by atoms with E-state index in [1.54, 1.807) is 6.20 Å². The Morgan fingerprint density at radius 1 is 1.41 bits per heavy atom. The van der Waals surface area contributed by atoms with E-state index in [-0.39, 0.29) is 0 Å². The second-order valence-electron chi connectivity index (χ2n) is 4.54. The summed E-state index contributed by atoms with van der Waals surface area (Å²) in [5, 5.41) is 3.58. The largest absolute Gasteiger partial charge is 0.384 e. The average molecular weight is 235 g/mol. The average Bonchev–Trinajstić information content (AvgIpc) is 2.33. The normalized spacial score (nSPS) is 12.6. The molecule has 1 aromatic rings. The van der Waals surface area contributed by atoms with Crippen molar-refractivity contribution in [1.29, 1.82) is 0 Å². The molecule has 3 nitrogen and oxygen atoms in total. The molecule has 0 fully saturated rings. The first-order valence-corrected chi connectivity index (χ1v) is 6.70. The molecule has 0 radical (unpaired) electrons. The third-order valence-electron chi connectivity index (χ3n) is 3.04. The van der Waals surface area contributed by atoms with Crippen molar-refractivity contribution < 1.29 is 0 Å². The predicted molar refractivity (Wildman–Crippen MR) is 74.0 cm³/mol. The van der Waals surface area contributed by atoms with Crippen LogP contribution in [0.2, 0.25) is 0 Å². The number of nitrogens with two attached hydrogens (primary N) is 1. The Bertz CT molecular complexity index is 312. The number of anilines is 1. The first kappa shape index (κ1) is 14.0. The van der Waals surface area contributed by atoms with Gasteiger partial charge in [-0.1, -0.05) is 13.8 Å². The molecular formula is C14H25N3. The van der Waals surface area contributed by atoms with E-state index in [0.29, 0.717) is 11.9 Å². The highest BCUT2D eigenvalue weighted by Gasteiger charge is 2.04. The maximum atomic E-state index is 5.66. The molecule has 96 valence electrons. The minimum Gasteiger partial charge on any atom is -0.384 e. The maximum Gasteiger partial charge on any atom is 0.123 e. The molecule has 0 aliphatic rings. The van der Waals surface area contributed by atoms with Gasteiger partial charge in [0.1, 0.15) is 5.82 Å². The monoisotopic (exact) mass is 235 g/mol. The third-order valence-corrected chi connectivity index (χ3v) is 3.04. The van der Waals surface area contributed by atoms with E-state index in [1.165, 1.54) is 31.2 Å². The fraction of sp³-hybridized carbons (Fsp3) is 0.643. The van der Waals surface area contributed by atoms with Gasteiger partial charge in [-0.05, 0) is 56.3 Å². The van der Waals surface area contributed by atoms with Crippen molar-refractivity contribution in [1.82, 2.24) is 10.3 Å². The SMILES string of the molecule is CCCNC(CC)CCCc1ccnc(N)c1. The van der Waals surface area contributed by atoms with Gasteiger partial charge in [0, 0.05) is 12.2 Å². The zero-order chi connectivity index (χ0) is 12.5. The maximum absolute atomic E-state index is 5.66. The first-order chi connectivity index (χ1) is 8.26. The fourth-order valence-electron chi connectivity index (χ4n) is 2.00. The van der Waals surface area contributed by atoms with Gasteiger partial charge < -0.3 is 11.1 Å². The molecule has 1 unspecified atom stereocenters. The Labute approximate surface area is 105 Å². The minimum atomic E-state index is 0.624. The Morgan fingerprint density at radius 2 is 2.24 bits per heavy atom. The van der Waals surface area contributed by atoms with Crippen LogP contribution in [0.4, 0.5) is 5.82 Å². The molecule has 3 heteroatoms. The van der Waals surface area contributed by atoms with E-state index in [1.807, 2.05) is 6.07 Å². The van der Waals surface area contributed by atoms with Crippen molar-refractivity contribution in [3.05, 3.63) is 23.9 Å². The third kappa shape index (κ3) is 5.68. The zero-order valence-electron chi connectivity index (χ0n) is 11.1. The standard InChI is InChI=1S/C14H25N3/c1-3-9-16-13(4-2)7-5-6-12-8-10-17-14(15)11-12/h8,10-11,13,16H,3-7,9H2,1-2H3,(H2,15,17). The van der Waals surface area contributed by atoms with Gasteiger partial charge in [-0.25, -0.2) is 4.98 Å². The van der Waals surface area contributed by atoms with Crippen molar-refractivity contribution in [2.24, 2.45) is 0 Å². The number of aromatic nitrogens is 1. The minimum absolute atomic E-state index is 0.624. The van der Waals surface area contributed by atoms with Crippen LogP contribution >= 0.6 is 0 Å². The summed E-state index contributed by atoms with van der Waals surface area (Å²) in [6, 6.07) is 4.69. The van der Waals surface area contributed by atoms with Crippen LogP contribution in [0, 0.1) is 0 Å². The second kappa shape index (κ2) is 8.07. The summed E-state index contributed by atoms with van der Waals surface area (Å²) in [7, 11) is 0. The Hall–Kier alpha value is -1.09. The Morgan fingerprint density at radius 3 is 2.88 bits per heavy atom. The molecule has 1 aromatic heterocycles. The highest BCUT2D eigenvalue weighted by Crippen LogP contribution is 2.10. The molecular weight excluding hydrogens is 210 g/mol. The van der Waals surface area contributed by atoms with E-state index >= 15 is 0 Å². The highest BCUT2D eigenvalue weighted by atomic mass is 14.9. The number of hydrogen-bond acceptors (Lipinski definition) is 3. The molecule has 0 saturated heterocycles. The summed E-state index contributed by atoms with van der Waals surface area (Å²) < 4.78 is 0. The van der Waals surface area contributed by atoms with Crippen molar-refractivity contribution in [3.8, 4) is 0 Å². The Balaban J connectivity index is 2.26. The van der Waals surface area contributed by atoms with E-state index in [0.717, 1.165) is 13.0 Å². The van der Waals surface area contributed by atoms with Gasteiger partial charge in [0.25, 0.3) is 0 Å². The van der Waals surface area contributed by atoms with Crippen molar-refractivity contribution in [2.75, 3.05) is 12.3 Å². The number of pyridine rings is 1. The summed E-state index contributed by atoms with van der Waals surface area (Å²) in [4.78, 5) is 4.01. The summed E-state index contributed by atoms with van der Waals surface area (Å²) in [6.07, 6.45) is 7.74. The molecule has 3 N–H and O–H groups in total. The number of nitrogen functional groups attached to an aromatic ring is 1. The number of nitrogens with zero attached hydrogens (tertiary/aromatic N) is 1. The lowest BCUT2D eigenvalue weighted by Crippen LogP contribution is -2.29. The summed E-state index contributed by atoms with van der Waals surface area (Å²) in [6.45, 7) is 5.58. The lowest BCUT2D eigenvalue weighted by Gasteiger charge is -2.16. The summed E-state index contributed by atoms with van der Waals surface area (Å²) in [5.74, 6) is 0.624. The van der Waals surface area contributed by atoms with Crippen molar-refractivity contribution in [2.45, 2.75) is 52.0 Å². The van der Waals surface area contributed by atoms with Gasteiger partial charge in [0.15, 0.2) is 0 Å². The predicted octanol–water partition coefficient (Wildman–Crippen LogP) is 2.76. The van der Waals surface area contributed by atoms with Crippen LogP contribution in [0.3, 0.4) is 0 Å². The molecule has 0 aliphatic heterocycles. The molecule has 0 aromatic carbocycles. The van der Waals surface area contributed by atoms with Crippen LogP contribution in [-0.2, 0) is 6.42 Å². The lowest BCUT2D eigenvalue weighted by atomic mass is 10.0. The van der Waals surface area contributed by atoms with E-state index in [2.05, 4.69) is 30.2 Å². The van der Waals surface area contributed by atoms with E-state index in [4.69, 9.17) is 5.73 Å². The van der Waals surface area contributed by atoms with Gasteiger partial charge in [-0.2, -0.15) is 0 Å². The van der Waals surface area contributed by atoms with E-state index < -0.39 is 0 Å². The molecule has 0 amide bonds. The van der Waals surface area contributed by atoms with Crippen LogP contribution in [0.1, 0.15) is 45.1 Å². The number of nitrogens with one attached hydrogen (secondary N) is 1. The molecule has 0 spiro atoms.